The summed E-state index contributed by atoms with van der Waals surface area (Å²) in [5.74, 6) is -5.74. The third-order valence-electron chi connectivity index (χ3n) is 2.59. The molecule has 0 aromatic rings. The van der Waals surface area contributed by atoms with Crippen LogP contribution in [0.25, 0.3) is 0 Å². The number of hydrogen-bond donors (Lipinski definition) is 3. The van der Waals surface area contributed by atoms with Gasteiger partial charge in [-0.05, 0) is 0 Å². The SMILES string of the molecule is COC(=O)C[C@H](NC(=O)[C@@H](N)CC(=O)OC)C(=O)OC.O=C(O)C(F)(F)F. The highest BCUT2D eigenvalue weighted by Gasteiger charge is 2.38. The third-order valence-corrected chi connectivity index (χ3v) is 2.59. The van der Waals surface area contributed by atoms with Crippen molar-refractivity contribution in [2.24, 2.45) is 5.73 Å². The van der Waals surface area contributed by atoms with Crippen LogP contribution in [0.4, 0.5) is 13.2 Å². The maximum Gasteiger partial charge on any atom is 0.490 e. The van der Waals surface area contributed by atoms with Crippen LogP contribution in [0.1, 0.15) is 12.8 Å². The number of halogens is 3. The van der Waals surface area contributed by atoms with E-state index in [1.165, 1.54) is 0 Å². The lowest BCUT2D eigenvalue weighted by Gasteiger charge is -2.17. The molecule has 0 saturated carbocycles. The smallest absolute Gasteiger partial charge is 0.475 e. The minimum Gasteiger partial charge on any atom is -0.475 e. The number of carboxylic acids is 1. The molecule has 156 valence electrons. The molecule has 0 aliphatic rings. The minimum atomic E-state index is -5.08. The van der Waals surface area contributed by atoms with E-state index < -0.39 is 54.5 Å². The number of aliphatic carboxylic acids is 1. The Morgan fingerprint density at radius 2 is 1.37 bits per heavy atom. The van der Waals surface area contributed by atoms with Crippen molar-refractivity contribution in [3.8, 4) is 0 Å². The number of rotatable bonds is 7. The number of nitrogens with one attached hydrogen (secondary N) is 1. The first kappa shape index (κ1) is 26.3. The summed E-state index contributed by atoms with van der Waals surface area (Å²) >= 11 is 0. The van der Waals surface area contributed by atoms with Gasteiger partial charge in [-0.15, -0.1) is 0 Å². The predicted molar refractivity (Wildman–Crippen MR) is 78.9 cm³/mol. The Labute approximate surface area is 150 Å². The molecule has 2 atom stereocenters. The molecule has 0 unspecified atom stereocenters. The summed E-state index contributed by atoms with van der Waals surface area (Å²) in [6, 6.07) is -2.43. The fourth-order valence-electron chi connectivity index (χ4n) is 1.22. The molecule has 0 aromatic heterocycles. The van der Waals surface area contributed by atoms with Crippen molar-refractivity contribution in [2.45, 2.75) is 31.1 Å². The molecule has 0 heterocycles. The van der Waals surface area contributed by atoms with Gasteiger partial charge in [0.15, 0.2) is 0 Å². The van der Waals surface area contributed by atoms with Gasteiger partial charge >= 0.3 is 30.1 Å². The third kappa shape index (κ3) is 12.1. The van der Waals surface area contributed by atoms with Crippen molar-refractivity contribution >= 4 is 29.8 Å². The number of carbonyl (C=O) groups is 5. The van der Waals surface area contributed by atoms with E-state index in [9.17, 15) is 32.3 Å². The normalized spacial score (nSPS) is 12.4. The fourth-order valence-corrected chi connectivity index (χ4v) is 1.22. The summed E-state index contributed by atoms with van der Waals surface area (Å²) in [6.07, 6.45) is -5.84. The van der Waals surface area contributed by atoms with Crippen molar-refractivity contribution in [3.63, 3.8) is 0 Å². The molecule has 14 heteroatoms. The van der Waals surface area contributed by atoms with Crippen molar-refractivity contribution in [2.75, 3.05) is 21.3 Å². The number of carbonyl (C=O) groups excluding carboxylic acids is 4. The number of alkyl halides is 3. The van der Waals surface area contributed by atoms with Crippen molar-refractivity contribution < 1.29 is 56.5 Å². The maximum absolute atomic E-state index is 11.7. The predicted octanol–water partition coefficient (Wildman–Crippen LogP) is -1.27. The highest BCUT2D eigenvalue weighted by Crippen LogP contribution is 2.13. The molecule has 11 nitrogen and oxygen atoms in total. The maximum atomic E-state index is 11.7. The summed E-state index contributed by atoms with van der Waals surface area (Å²) in [5.41, 5.74) is 5.47. The van der Waals surface area contributed by atoms with Gasteiger partial charge in [0.05, 0.1) is 40.2 Å². The fraction of sp³-hybridized carbons (Fsp3) is 0.615. The van der Waals surface area contributed by atoms with Crippen LogP contribution in [0, 0.1) is 0 Å². The molecule has 0 aromatic carbocycles. The number of methoxy groups -OCH3 is 3. The number of nitrogens with two attached hydrogens (primary N) is 1. The molecule has 0 spiro atoms. The quantitative estimate of drug-likeness (QED) is 0.343. The molecule has 0 fully saturated rings. The number of carboxylic acid groups (broad SMARTS) is 1. The molecule has 4 N–H and O–H groups in total. The van der Waals surface area contributed by atoms with Crippen LogP contribution in [0.2, 0.25) is 0 Å². The number of amides is 1. The van der Waals surface area contributed by atoms with Crippen LogP contribution in [0.3, 0.4) is 0 Å². The largest absolute Gasteiger partial charge is 0.490 e. The standard InChI is InChI=1S/C11H18N2O7.C2HF3O2/c1-18-8(14)4-6(12)10(16)13-7(11(17)20-3)5-9(15)19-2;3-2(4,5)1(6)7/h6-7H,4-5,12H2,1-3H3,(H,13,16);(H,6,7)/t6-,7-;/m0./s1. The van der Waals surface area contributed by atoms with E-state index in [0.29, 0.717) is 0 Å². The second kappa shape index (κ2) is 12.5. The van der Waals surface area contributed by atoms with Crippen LogP contribution in [-0.4, -0.2) is 74.5 Å². The molecular formula is C13H19F3N2O9. The minimum absolute atomic E-state index is 0.353. The van der Waals surface area contributed by atoms with Gasteiger partial charge in [0, 0.05) is 0 Å². The van der Waals surface area contributed by atoms with E-state index in [-0.39, 0.29) is 6.42 Å². The van der Waals surface area contributed by atoms with Crippen molar-refractivity contribution in [3.05, 3.63) is 0 Å². The zero-order valence-corrected chi connectivity index (χ0v) is 14.5. The van der Waals surface area contributed by atoms with Crippen LogP contribution >= 0.6 is 0 Å². The molecular weight excluding hydrogens is 385 g/mol. The van der Waals surface area contributed by atoms with Gasteiger partial charge in [-0.25, -0.2) is 9.59 Å². The van der Waals surface area contributed by atoms with Crippen LogP contribution < -0.4 is 11.1 Å². The Balaban J connectivity index is 0. The summed E-state index contributed by atoms with van der Waals surface area (Å²) in [6.45, 7) is 0. The number of esters is 3. The zero-order chi connectivity index (χ0) is 21.8. The first-order valence-electron chi connectivity index (χ1n) is 6.87. The molecule has 27 heavy (non-hydrogen) atoms. The summed E-state index contributed by atoms with van der Waals surface area (Å²) in [4.78, 5) is 54.1. The van der Waals surface area contributed by atoms with Gasteiger partial charge in [0.2, 0.25) is 5.91 Å². The molecule has 1 amide bonds. The monoisotopic (exact) mass is 404 g/mol. The Bertz CT molecular complexity index is 552. The Morgan fingerprint density at radius 1 is 0.963 bits per heavy atom. The molecule has 0 radical (unpaired) electrons. The second-order valence-corrected chi connectivity index (χ2v) is 4.55. The first-order chi connectivity index (χ1) is 12.3. The molecule has 0 saturated heterocycles. The van der Waals surface area contributed by atoms with Gasteiger partial charge in [-0.1, -0.05) is 0 Å². The van der Waals surface area contributed by atoms with Crippen molar-refractivity contribution in [1.82, 2.24) is 5.32 Å². The highest BCUT2D eigenvalue weighted by atomic mass is 19.4. The van der Waals surface area contributed by atoms with Gasteiger partial charge in [-0.3, -0.25) is 14.4 Å². The molecule has 0 aliphatic heterocycles. The van der Waals surface area contributed by atoms with Crippen molar-refractivity contribution in [1.29, 1.82) is 0 Å². The topological polar surface area (TPSA) is 171 Å². The van der Waals surface area contributed by atoms with Crippen LogP contribution in [0.5, 0.6) is 0 Å². The molecule has 0 bridgehead atoms. The average Bonchev–Trinajstić information content (AvgIpc) is 2.59. The van der Waals surface area contributed by atoms with E-state index in [1.54, 1.807) is 0 Å². The first-order valence-corrected chi connectivity index (χ1v) is 6.87. The molecule has 0 rings (SSSR count). The summed E-state index contributed by atoms with van der Waals surface area (Å²) < 4.78 is 44.9. The average molecular weight is 404 g/mol. The highest BCUT2D eigenvalue weighted by molar-refractivity contribution is 5.91. The number of hydrogen-bond acceptors (Lipinski definition) is 9. The molecule has 0 aliphatic carbocycles. The van der Waals surface area contributed by atoms with E-state index in [0.717, 1.165) is 21.3 Å². The second-order valence-electron chi connectivity index (χ2n) is 4.55. The van der Waals surface area contributed by atoms with Crippen LogP contribution in [-0.2, 0) is 38.2 Å². The zero-order valence-electron chi connectivity index (χ0n) is 14.5. The van der Waals surface area contributed by atoms with E-state index in [4.69, 9.17) is 15.6 Å². The lowest BCUT2D eigenvalue weighted by molar-refractivity contribution is -0.192. The van der Waals surface area contributed by atoms with Crippen LogP contribution in [0.15, 0.2) is 0 Å². The Kier molecular flexibility index (Phi) is 12.1. The van der Waals surface area contributed by atoms with E-state index in [2.05, 4.69) is 19.5 Å². The van der Waals surface area contributed by atoms with Gasteiger partial charge < -0.3 is 30.4 Å². The van der Waals surface area contributed by atoms with E-state index >= 15 is 0 Å². The van der Waals surface area contributed by atoms with Gasteiger partial charge in [0.1, 0.15) is 6.04 Å². The summed E-state index contributed by atoms with van der Waals surface area (Å²) in [7, 11) is 3.40. The van der Waals surface area contributed by atoms with E-state index in [1.807, 2.05) is 0 Å². The Hall–Kier alpha value is -2.90. The lowest BCUT2D eigenvalue weighted by Crippen LogP contribution is -2.50. The Morgan fingerprint density at radius 3 is 1.70 bits per heavy atom. The van der Waals surface area contributed by atoms with Gasteiger partial charge in [0.25, 0.3) is 0 Å². The summed E-state index contributed by atoms with van der Waals surface area (Å²) in [5, 5.41) is 9.34. The van der Waals surface area contributed by atoms with Gasteiger partial charge in [-0.2, -0.15) is 13.2 Å². The number of ether oxygens (including phenoxy) is 3. The lowest BCUT2D eigenvalue weighted by atomic mass is 10.1.